The minimum Gasteiger partial charge on any atom is -0.399 e. The average molecular weight is 215 g/mol. The largest absolute Gasteiger partial charge is 0.399 e. The number of nitrogen functional groups attached to an aromatic ring is 1. The van der Waals surface area contributed by atoms with Crippen LogP contribution in [-0.4, -0.2) is 25.5 Å². The quantitative estimate of drug-likeness (QED) is 0.713. The zero-order chi connectivity index (χ0) is 10.8. The van der Waals surface area contributed by atoms with Crippen LogP contribution in [0, 0.1) is 0 Å². The van der Waals surface area contributed by atoms with Gasteiger partial charge in [-0.15, -0.1) is 0 Å². The summed E-state index contributed by atoms with van der Waals surface area (Å²) in [4.78, 5) is 0. The maximum Gasteiger partial charge on any atom is 0.150 e. The predicted molar refractivity (Wildman–Crippen MR) is 55.5 cm³/mol. The Labute approximate surface area is 83.3 Å². The molecule has 5 heteroatoms. The Morgan fingerprint density at radius 2 is 2.14 bits per heavy atom. The molecule has 1 aromatic rings. The van der Waals surface area contributed by atoms with E-state index in [1.54, 1.807) is 24.3 Å². The first kappa shape index (κ1) is 11.0. The van der Waals surface area contributed by atoms with Crippen molar-refractivity contribution in [1.82, 2.24) is 0 Å². The van der Waals surface area contributed by atoms with Crippen molar-refractivity contribution < 1.29 is 13.5 Å². The summed E-state index contributed by atoms with van der Waals surface area (Å²) in [6.07, 6.45) is 0.0798. The smallest absolute Gasteiger partial charge is 0.150 e. The van der Waals surface area contributed by atoms with E-state index in [-0.39, 0.29) is 5.75 Å². The second kappa shape index (κ2) is 3.98. The third kappa shape index (κ3) is 3.35. The molecule has 0 aliphatic carbocycles. The van der Waals surface area contributed by atoms with Crippen LogP contribution < -0.4 is 5.73 Å². The van der Waals surface area contributed by atoms with Gasteiger partial charge < -0.3 is 10.8 Å². The van der Waals surface area contributed by atoms with Crippen molar-refractivity contribution in [2.45, 2.75) is 6.10 Å². The first-order chi connectivity index (χ1) is 6.38. The number of aliphatic hydroxyl groups excluding tert-OH is 1. The zero-order valence-corrected chi connectivity index (χ0v) is 8.66. The van der Waals surface area contributed by atoms with E-state index in [1.165, 1.54) is 0 Å². The Balaban J connectivity index is 2.85. The van der Waals surface area contributed by atoms with Crippen molar-refractivity contribution in [3.63, 3.8) is 0 Å². The number of rotatable bonds is 3. The summed E-state index contributed by atoms with van der Waals surface area (Å²) in [7, 11) is -3.18. The predicted octanol–water partition coefficient (Wildman–Crippen LogP) is 0.347. The average Bonchev–Trinajstić information content (AvgIpc) is 2.01. The topological polar surface area (TPSA) is 80.4 Å². The molecule has 0 saturated heterocycles. The molecule has 14 heavy (non-hydrogen) atoms. The zero-order valence-electron chi connectivity index (χ0n) is 7.84. The van der Waals surface area contributed by atoms with Crippen molar-refractivity contribution >= 4 is 15.5 Å². The van der Waals surface area contributed by atoms with Gasteiger partial charge in [-0.1, -0.05) is 12.1 Å². The van der Waals surface area contributed by atoms with Gasteiger partial charge in [0.15, 0.2) is 0 Å². The van der Waals surface area contributed by atoms with Gasteiger partial charge in [0.05, 0.1) is 11.9 Å². The standard InChI is InChI=1S/C9H13NO3S/c1-14(12,13)6-9(11)7-3-2-4-8(10)5-7/h2-5,9,11H,6,10H2,1H3. The van der Waals surface area contributed by atoms with Gasteiger partial charge in [-0.3, -0.25) is 0 Å². The monoisotopic (exact) mass is 215 g/mol. The fraction of sp³-hybridized carbons (Fsp3) is 0.333. The van der Waals surface area contributed by atoms with E-state index in [1.807, 2.05) is 0 Å². The first-order valence-corrected chi connectivity index (χ1v) is 6.16. The van der Waals surface area contributed by atoms with Crippen molar-refractivity contribution in [3.8, 4) is 0 Å². The van der Waals surface area contributed by atoms with Crippen molar-refractivity contribution in [3.05, 3.63) is 29.8 Å². The van der Waals surface area contributed by atoms with Crippen molar-refractivity contribution in [2.24, 2.45) is 0 Å². The number of aliphatic hydroxyl groups is 1. The first-order valence-electron chi connectivity index (χ1n) is 4.10. The van der Waals surface area contributed by atoms with Crippen molar-refractivity contribution in [2.75, 3.05) is 17.7 Å². The SMILES string of the molecule is CS(=O)(=O)CC(O)c1cccc(N)c1. The summed E-state index contributed by atoms with van der Waals surface area (Å²) in [5, 5.41) is 9.55. The Bertz CT molecular complexity index is 414. The number of hydrogen-bond acceptors (Lipinski definition) is 4. The molecule has 0 spiro atoms. The Morgan fingerprint density at radius 3 is 2.64 bits per heavy atom. The molecule has 0 aromatic heterocycles. The van der Waals surface area contributed by atoms with Gasteiger partial charge in [0, 0.05) is 11.9 Å². The Kier molecular flexibility index (Phi) is 3.13. The van der Waals surface area contributed by atoms with Crippen LogP contribution in [0.5, 0.6) is 0 Å². The van der Waals surface area contributed by atoms with Gasteiger partial charge in [-0.25, -0.2) is 8.42 Å². The van der Waals surface area contributed by atoms with E-state index in [2.05, 4.69) is 0 Å². The van der Waals surface area contributed by atoms with Crippen LogP contribution in [0.3, 0.4) is 0 Å². The second-order valence-electron chi connectivity index (χ2n) is 3.28. The van der Waals surface area contributed by atoms with Gasteiger partial charge in [-0.2, -0.15) is 0 Å². The molecule has 0 saturated carbocycles. The lowest BCUT2D eigenvalue weighted by atomic mass is 10.1. The van der Waals surface area contributed by atoms with Gasteiger partial charge >= 0.3 is 0 Å². The van der Waals surface area contributed by atoms with E-state index >= 15 is 0 Å². The Hall–Kier alpha value is -1.07. The molecule has 0 aliphatic heterocycles. The lowest BCUT2D eigenvalue weighted by molar-refractivity contribution is 0.202. The molecule has 0 radical (unpaired) electrons. The highest BCUT2D eigenvalue weighted by atomic mass is 32.2. The third-order valence-electron chi connectivity index (χ3n) is 1.76. The number of nitrogens with two attached hydrogens (primary N) is 1. The number of hydrogen-bond donors (Lipinski definition) is 2. The highest BCUT2D eigenvalue weighted by Gasteiger charge is 2.14. The van der Waals surface area contributed by atoms with Crippen LogP contribution in [-0.2, 0) is 9.84 Å². The maximum absolute atomic E-state index is 10.9. The van der Waals surface area contributed by atoms with Crippen LogP contribution in [0.1, 0.15) is 11.7 Å². The molecule has 0 fully saturated rings. The van der Waals surface area contributed by atoms with E-state index in [0.29, 0.717) is 11.3 Å². The minimum absolute atomic E-state index is 0.281. The summed E-state index contributed by atoms with van der Waals surface area (Å²) in [6, 6.07) is 6.56. The molecule has 0 aliphatic rings. The van der Waals surface area contributed by atoms with Gasteiger partial charge in [0.1, 0.15) is 9.84 Å². The minimum atomic E-state index is -3.18. The number of sulfone groups is 1. The molecule has 0 amide bonds. The molecule has 1 unspecified atom stereocenters. The lowest BCUT2D eigenvalue weighted by Crippen LogP contribution is -2.12. The van der Waals surface area contributed by atoms with Crippen LogP contribution >= 0.6 is 0 Å². The van der Waals surface area contributed by atoms with Crippen LogP contribution in [0.15, 0.2) is 24.3 Å². The van der Waals surface area contributed by atoms with E-state index < -0.39 is 15.9 Å². The molecular formula is C9H13NO3S. The van der Waals surface area contributed by atoms with E-state index in [9.17, 15) is 13.5 Å². The highest BCUT2D eigenvalue weighted by Crippen LogP contribution is 2.16. The van der Waals surface area contributed by atoms with Gasteiger partial charge in [-0.05, 0) is 17.7 Å². The lowest BCUT2D eigenvalue weighted by Gasteiger charge is -2.09. The summed E-state index contributed by atoms with van der Waals surface area (Å²) in [6.45, 7) is 0. The highest BCUT2D eigenvalue weighted by molar-refractivity contribution is 7.90. The molecule has 78 valence electrons. The normalized spacial score (nSPS) is 13.9. The molecule has 0 bridgehead atoms. The van der Waals surface area contributed by atoms with E-state index in [0.717, 1.165) is 6.26 Å². The van der Waals surface area contributed by atoms with Gasteiger partial charge in [0.2, 0.25) is 0 Å². The van der Waals surface area contributed by atoms with Crippen LogP contribution in [0.25, 0.3) is 0 Å². The molecule has 3 N–H and O–H groups in total. The maximum atomic E-state index is 10.9. The third-order valence-corrected chi connectivity index (χ3v) is 2.68. The molecule has 0 heterocycles. The fourth-order valence-corrected chi connectivity index (χ4v) is 1.92. The summed E-state index contributed by atoms with van der Waals surface area (Å²) >= 11 is 0. The number of anilines is 1. The molecule has 4 nitrogen and oxygen atoms in total. The van der Waals surface area contributed by atoms with Crippen molar-refractivity contribution in [1.29, 1.82) is 0 Å². The van der Waals surface area contributed by atoms with E-state index in [4.69, 9.17) is 5.73 Å². The molecule has 1 rings (SSSR count). The molecule has 1 atom stereocenters. The van der Waals surface area contributed by atoms with Gasteiger partial charge in [0.25, 0.3) is 0 Å². The fourth-order valence-electron chi connectivity index (χ4n) is 1.15. The van der Waals surface area contributed by atoms with Crippen LogP contribution in [0.4, 0.5) is 5.69 Å². The second-order valence-corrected chi connectivity index (χ2v) is 5.46. The molecule has 1 aromatic carbocycles. The Morgan fingerprint density at radius 1 is 1.50 bits per heavy atom. The molecular weight excluding hydrogens is 202 g/mol. The number of benzene rings is 1. The van der Waals surface area contributed by atoms with Crippen LogP contribution in [0.2, 0.25) is 0 Å². The summed E-state index contributed by atoms with van der Waals surface area (Å²) in [5.74, 6) is -0.281. The summed E-state index contributed by atoms with van der Waals surface area (Å²) in [5.41, 5.74) is 6.53. The summed E-state index contributed by atoms with van der Waals surface area (Å²) < 4.78 is 21.8.